The Labute approximate surface area is 104 Å². The molecule has 2 fully saturated rings. The van der Waals surface area contributed by atoms with Crippen LogP contribution in [0.1, 0.15) is 32.6 Å². The van der Waals surface area contributed by atoms with Gasteiger partial charge in [0.1, 0.15) is 0 Å². The molecule has 2 N–H and O–H groups in total. The lowest BCUT2D eigenvalue weighted by Crippen LogP contribution is -2.54. The Balaban J connectivity index is 1.90. The molecule has 17 heavy (non-hydrogen) atoms. The average molecular weight is 261 g/mol. The third-order valence-corrected chi connectivity index (χ3v) is 5.25. The minimum atomic E-state index is -3.30. The monoisotopic (exact) mass is 261 g/mol. The fourth-order valence-corrected chi connectivity index (χ4v) is 3.54. The largest absolute Gasteiger partial charge is 0.313 e. The molecule has 0 aromatic rings. The van der Waals surface area contributed by atoms with Crippen LogP contribution in [0.4, 0.5) is 0 Å². The van der Waals surface area contributed by atoms with Crippen molar-refractivity contribution in [2.45, 2.75) is 44.7 Å². The molecule has 1 aliphatic carbocycles. The first-order valence-corrected chi connectivity index (χ1v) is 7.90. The van der Waals surface area contributed by atoms with Gasteiger partial charge >= 0.3 is 0 Å². The van der Waals surface area contributed by atoms with E-state index in [1.807, 2.05) is 6.92 Å². The normalized spacial score (nSPS) is 30.8. The summed E-state index contributed by atoms with van der Waals surface area (Å²) in [5.41, 5.74) is 0. The molecule has 100 valence electrons. The van der Waals surface area contributed by atoms with E-state index < -0.39 is 10.2 Å². The highest BCUT2D eigenvalue weighted by Crippen LogP contribution is 2.29. The average Bonchev–Trinajstić information content (AvgIpc) is 3.05. The van der Waals surface area contributed by atoms with Crippen LogP contribution in [0.3, 0.4) is 0 Å². The Morgan fingerprint density at radius 1 is 1.35 bits per heavy atom. The van der Waals surface area contributed by atoms with Crippen LogP contribution < -0.4 is 10.0 Å². The maximum absolute atomic E-state index is 12.1. The van der Waals surface area contributed by atoms with Crippen LogP contribution in [0.25, 0.3) is 0 Å². The summed E-state index contributed by atoms with van der Waals surface area (Å²) in [5.74, 6) is 0.582. The lowest BCUT2D eigenvalue weighted by atomic mass is 10.0. The fourth-order valence-electron chi connectivity index (χ4n) is 2.25. The van der Waals surface area contributed by atoms with Crippen LogP contribution in [0.5, 0.6) is 0 Å². The number of hydrogen-bond donors (Lipinski definition) is 2. The van der Waals surface area contributed by atoms with Crippen molar-refractivity contribution < 1.29 is 8.42 Å². The van der Waals surface area contributed by atoms with E-state index in [0.717, 1.165) is 19.4 Å². The van der Waals surface area contributed by atoms with E-state index in [2.05, 4.69) is 10.0 Å². The summed E-state index contributed by atoms with van der Waals surface area (Å²) in [7, 11) is -1.64. The zero-order valence-electron chi connectivity index (χ0n) is 10.6. The van der Waals surface area contributed by atoms with E-state index in [0.29, 0.717) is 12.5 Å². The summed E-state index contributed by atoms with van der Waals surface area (Å²) < 4.78 is 28.5. The SMILES string of the molecule is CC1NCCCC1NS(=O)(=O)N(C)CC1CC1. The van der Waals surface area contributed by atoms with Gasteiger partial charge in [-0.05, 0) is 45.1 Å². The standard InChI is InChI=1S/C11H23N3O2S/c1-9-11(4-3-7-12-9)13-17(15,16)14(2)8-10-5-6-10/h9-13H,3-8H2,1-2H3. The fraction of sp³-hybridized carbons (Fsp3) is 1.00. The van der Waals surface area contributed by atoms with Gasteiger partial charge in [0.05, 0.1) is 0 Å². The van der Waals surface area contributed by atoms with Gasteiger partial charge in [0.2, 0.25) is 0 Å². The molecule has 2 aliphatic rings. The Morgan fingerprint density at radius 3 is 2.65 bits per heavy atom. The third kappa shape index (κ3) is 3.64. The molecule has 6 heteroatoms. The summed E-state index contributed by atoms with van der Waals surface area (Å²) in [6.07, 6.45) is 4.29. The summed E-state index contributed by atoms with van der Waals surface area (Å²) in [4.78, 5) is 0. The Morgan fingerprint density at radius 2 is 2.06 bits per heavy atom. The third-order valence-electron chi connectivity index (χ3n) is 3.68. The molecule has 5 nitrogen and oxygen atoms in total. The molecule has 1 heterocycles. The van der Waals surface area contributed by atoms with Crippen molar-refractivity contribution in [1.29, 1.82) is 0 Å². The maximum Gasteiger partial charge on any atom is 0.279 e. The molecule has 2 rings (SSSR count). The van der Waals surface area contributed by atoms with E-state index in [1.54, 1.807) is 7.05 Å². The number of hydrogen-bond acceptors (Lipinski definition) is 3. The lowest BCUT2D eigenvalue weighted by molar-refractivity contribution is 0.338. The molecule has 0 bridgehead atoms. The number of piperidine rings is 1. The molecular formula is C11H23N3O2S. The quantitative estimate of drug-likeness (QED) is 0.748. The predicted molar refractivity (Wildman–Crippen MR) is 67.9 cm³/mol. The molecule has 1 saturated heterocycles. The van der Waals surface area contributed by atoms with Crippen molar-refractivity contribution in [2.75, 3.05) is 20.1 Å². The highest BCUT2D eigenvalue weighted by molar-refractivity contribution is 7.87. The zero-order chi connectivity index (χ0) is 12.5. The van der Waals surface area contributed by atoms with E-state index in [4.69, 9.17) is 0 Å². The van der Waals surface area contributed by atoms with E-state index >= 15 is 0 Å². The molecule has 0 aromatic heterocycles. The molecule has 0 spiro atoms. The van der Waals surface area contributed by atoms with Crippen LogP contribution in [0.2, 0.25) is 0 Å². The number of nitrogens with one attached hydrogen (secondary N) is 2. The summed E-state index contributed by atoms with van der Waals surface area (Å²) >= 11 is 0. The summed E-state index contributed by atoms with van der Waals surface area (Å²) in [5, 5.41) is 3.30. The van der Waals surface area contributed by atoms with Crippen LogP contribution >= 0.6 is 0 Å². The Hall–Kier alpha value is -0.170. The van der Waals surface area contributed by atoms with Gasteiger partial charge in [-0.15, -0.1) is 0 Å². The van der Waals surface area contributed by atoms with Crippen molar-refractivity contribution in [2.24, 2.45) is 5.92 Å². The minimum absolute atomic E-state index is 0.0235. The Kier molecular flexibility index (Phi) is 4.07. The second-order valence-electron chi connectivity index (χ2n) is 5.34. The summed E-state index contributed by atoms with van der Waals surface area (Å²) in [6.45, 7) is 3.68. The van der Waals surface area contributed by atoms with Crippen molar-refractivity contribution in [3.63, 3.8) is 0 Å². The minimum Gasteiger partial charge on any atom is -0.313 e. The van der Waals surface area contributed by atoms with Crippen LogP contribution in [0, 0.1) is 5.92 Å². The van der Waals surface area contributed by atoms with E-state index in [-0.39, 0.29) is 12.1 Å². The van der Waals surface area contributed by atoms with Crippen LogP contribution in [-0.2, 0) is 10.2 Å². The number of rotatable bonds is 5. The Bertz CT molecular complexity index is 354. The van der Waals surface area contributed by atoms with Gasteiger partial charge in [-0.25, -0.2) is 0 Å². The highest BCUT2D eigenvalue weighted by atomic mass is 32.2. The molecule has 0 radical (unpaired) electrons. The highest BCUT2D eigenvalue weighted by Gasteiger charge is 2.31. The summed E-state index contributed by atoms with van der Waals surface area (Å²) in [6, 6.07) is 0.239. The van der Waals surface area contributed by atoms with Gasteiger partial charge < -0.3 is 5.32 Å². The molecule has 0 amide bonds. The molecule has 0 aromatic carbocycles. The topological polar surface area (TPSA) is 61.4 Å². The van der Waals surface area contributed by atoms with Crippen LogP contribution in [-0.4, -0.2) is 44.9 Å². The smallest absolute Gasteiger partial charge is 0.279 e. The van der Waals surface area contributed by atoms with Gasteiger partial charge in [-0.3, -0.25) is 0 Å². The maximum atomic E-state index is 12.1. The second kappa shape index (κ2) is 5.22. The molecular weight excluding hydrogens is 238 g/mol. The van der Waals surface area contributed by atoms with Crippen molar-refractivity contribution in [3.05, 3.63) is 0 Å². The molecule has 1 aliphatic heterocycles. The van der Waals surface area contributed by atoms with Gasteiger partial charge in [0, 0.05) is 25.7 Å². The molecule has 2 unspecified atom stereocenters. The predicted octanol–water partition coefficient (Wildman–Crippen LogP) is 0.303. The van der Waals surface area contributed by atoms with Gasteiger partial charge in [-0.2, -0.15) is 17.4 Å². The number of nitrogens with zero attached hydrogens (tertiary/aromatic N) is 1. The zero-order valence-corrected chi connectivity index (χ0v) is 11.5. The first-order chi connectivity index (χ1) is 7.99. The molecule has 1 saturated carbocycles. The van der Waals surface area contributed by atoms with E-state index in [9.17, 15) is 8.42 Å². The second-order valence-corrected chi connectivity index (χ2v) is 7.15. The lowest BCUT2D eigenvalue weighted by Gasteiger charge is -2.31. The van der Waals surface area contributed by atoms with Crippen molar-refractivity contribution in [3.8, 4) is 0 Å². The van der Waals surface area contributed by atoms with Crippen molar-refractivity contribution >= 4 is 10.2 Å². The first kappa shape index (κ1) is 13.3. The van der Waals surface area contributed by atoms with Gasteiger partial charge in [-0.1, -0.05) is 0 Å². The first-order valence-electron chi connectivity index (χ1n) is 6.46. The van der Waals surface area contributed by atoms with Gasteiger partial charge in [0.15, 0.2) is 0 Å². The van der Waals surface area contributed by atoms with Gasteiger partial charge in [0.25, 0.3) is 10.2 Å². The molecule has 2 atom stereocenters. The van der Waals surface area contributed by atoms with E-state index in [1.165, 1.54) is 17.1 Å². The van der Waals surface area contributed by atoms with Crippen LogP contribution in [0.15, 0.2) is 0 Å². The van der Waals surface area contributed by atoms with Crippen molar-refractivity contribution in [1.82, 2.24) is 14.3 Å².